The van der Waals surface area contributed by atoms with Crippen molar-refractivity contribution in [3.05, 3.63) is 55.1 Å². The van der Waals surface area contributed by atoms with Gasteiger partial charge < -0.3 is 28.5 Å². The van der Waals surface area contributed by atoms with E-state index < -0.39 is 21.0 Å². The predicted molar refractivity (Wildman–Crippen MR) is 135 cm³/mol. The number of pyridine rings is 1. The maximum absolute atomic E-state index is 12.3. The topological polar surface area (TPSA) is 138 Å². The first-order valence-corrected chi connectivity index (χ1v) is 13.0. The molecule has 0 fully saturated rings. The molecule has 1 atom stereocenters. The van der Waals surface area contributed by atoms with Gasteiger partial charge in [-0.1, -0.05) is 6.92 Å². The molecule has 2 aromatic heterocycles. The summed E-state index contributed by atoms with van der Waals surface area (Å²) in [5, 5.41) is 22.0. The van der Waals surface area contributed by atoms with Crippen molar-refractivity contribution in [3.63, 3.8) is 0 Å². The first-order chi connectivity index (χ1) is 17.4. The number of fused-ring (bicyclic) bond motifs is 1. The molecule has 0 bridgehead atoms. The first kappa shape index (κ1) is 25.2. The lowest BCUT2D eigenvalue weighted by Gasteiger charge is -2.42. The zero-order valence-electron chi connectivity index (χ0n) is 19.9. The SMILES string of the molecule is CCOc1noc2cc(OCCC(C)CCN3C=CN(c4ccncc4)S3(C(=O)O)C(=O)O)ccc12. The summed E-state index contributed by atoms with van der Waals surface area (Å²) in [6.07, 6.45) is 7.35. The molecule has 1 unspecified atom stereocenters. The molecule has 0 saturated heterocycles. The highest BCUT2D eigenvalue weighted by molar-refractivity contribution is 8.54. The van der Waals surface area contributed by atoms with Gasteiger partial charge in [-0.3, -0.25) is 9.29 Å². The average Bonchev–Trinajstić information content (AvgIpc) is 3.45. The summed E-state index contributed by atoms with van der Waals surface area (Å²) < 4.78 is 19.3. The van der Waals surface area contributed by atoms with Crippen LogP contribution in [0.2, 0.25) is 0 Å². The maximum Gasteiger partial charge on any atom is 0.393 e. The van der Waals surface area contributed by atoms with Crippen LogP contribution < -0.4 is 13.8 Å². The first-order valence-electron chi connectivity index (χ1n) is 11.5. The van der Waals surface area contributed by atoms with Crippen molar-refractivity contribution in [1.82, 2.24) is 14.4 Å². The predicted octanol–water partition coefficient (Wildman–Crippen LogP) is 5.70. The van der Waals surface area contributed by atoms with Crippen LogP contribution in [0.25, 0.3) is 11.0 Å². The van der Waals surface area contributed by atoms with Crippen LogP contribution in [0.15, 0.2) is 59.6 Å². The molecule has 4 rings (SSSR count). The molecule has 1 aromatic carbocycles. The number of anilines is 1. The lowest BCUT2D eigenvalue weighted by Crippen LogP contribution is -2.40. The van der Waals surface area contributed by atoms with Crippen LogP contribution in [0.5, 0.6) is 11.6 Å². The van der Waals surface area contributed by atoms with Gasteiger partial charge in [-0.15, -0.1) is 0 Å². The Balaban J connectivity index is 1.35. The molecule has 0 radical (unpaired) electrons. The minimum atomic E-state index is -3.41. The minimum Gasteiger partial charge on any atom is -0.493 e. The van der Waals surface area contributed by atoms with Gasteiger partial charge in [-0.25, -0.2) is 9.59 Å². The fraction of sp³-hybridized carbons (Fsp3) is 0.333. The Kier molecular flexibility index (Phi) is 7.53. The van der Waals surface area contributed by atoms with Gasteiger partial charge >= 0.3 is 10.6 Å². The number of benzene rings is 1. The van der Waals surface area contributed by atoms with Gasteiger partial charge in [0.1, 0.15) is 16.1 Å². The highest BCUT2D eigenvalue weighted by Crippen LogP contribution is 2.61. The lowest BCUT2D eigenvalue weighted by atomic mass is 10.0. The van der Waals surface area contributed by atoms with Crippen LogP contribution >= 0.6 is 10.4 Å². The van der Waals surface area contributed by atoms with E-state index in [-0.39, 0.29) is 12.5 Å². The van der Waals surface area contributed by atoms with Crippen LogP contribution in [0.1, 0.15) is 26.7 Å². The summed E-state index contributed by atoms with van der Waals surface area (Å²) in [7, 11) is -3.41. The highest BCUT2D eigenvalue weighted by atomic mass is 32.3. The Morgan fingerprint density at radius 1 is 1.08 bits per heavy atom. The van der Waals surface area contributed by atoms with Crippen LogP contribution in [-0.4, -0.2) is 55.0 Å². The minimum absolute atomic E-state index is 0.159. The number of ether oxygens (including phenoxy) is 2. The van der Waals surface area contributed by atoms with E-state index in [0.717, 1.165) is 5.39 Å². The molecule has 192 valence electrons. The van der Waals surface area contributed by atoms with Gasteiger partial charge in [0.15, 0.2) is 5.58 Å². The fourth-order valence-electron chi connectivity index (χ4n) is 3.90. The van der Waals surface area contributed by atoms with Crippen LogP contribution in [0.4, 0.5) is 15.3 Å². The molecule has 1 aliphatic rings. The summed E-state index contributed by atoms with van der Waals surface area (Å²) in [6, 6.07) is 8.61. The number of carboxylic acid groups (broad SMARTS) is 2. The molecule has 2 N–H and O–H groups in total. The number of carbonyl (C=O) groups is 2. The van der Waals surface area contributed by atoms with Gasteiger partial charge in [0, 0.05) is 37.4 Å². The van der Waals surface area contributed by atoms with Crippen molar-refractivity contribution < 1.29 is 33.8 Å². The van der Waals surface area contributed by atoms with Crippen molar-refractivity contribution in [1.29, 1.82) is 0 Å². The summed E-state index contributed by atoms with van der Waals surface area (Å²) in [5.74, 6) is 1.25. The van der Waals surface area contributed by atoms with E-state index in [9.17, 15) is 19.8 Å². The quantitative estimate of drug-likeness (QED) is 0.343. The number of hydrogen-bond acceptors (Lipinski definition) is 9. The molecule has 3 heterocycles. The Bertz CT molecular complexity index is 1240. The summed E-state index contributed by atoms with van der Waals surface area (Å²) in [6.45, 7) is 5.11. The number of aromatic nitrogens is 2. The molecule has 3 aromatic rings. The molecule has 0 aliphatic carbocycles. The van der Waals surface area contributed by atoms with E-state index in [1.807, 2.05) is 26.0 Å². The standard InChI is InChI=1S/C24H28N4O7S/c1-3-33-22-20-5-4-19(16-21(20)35-26-22)34-15-9-17(2)8-12-27-13-14-28(18-6-10-25-11-7-18)36(27,23(29)30)24(31)32/h4-7,10-11,13-14,16-17H,3,8-9,12,15H2,1-2H3,(H,29,30)(H,31,32). The van der Waals surface area contributed by atoms with Gasteiger partial charge in [-0.05, 0) is 55.1 Å². The van der Waals surface area contributed by atoms with E-state index in [1.54, 1.807) is 24.4 Å². The lowest BCUT2D eigenvalue weighted by molar-refractivity contribution is 0.213. The Hall–Kier alpha value is -3.93. The number of hydrogen-bond donors (Lipinski definition) is 2. The zero-order chi connectivity index (χ0) is 25.7. The molecule has 1 aliphatic heterocycles. The largest absolute Gasteiger partial charge is 0.493 e. The van der Waals surface area contributed by atoms with Crippen molar-refractivity contribution in [2.45, 2.75) is 26.7 Å². The third kappa shape index (κ3) is 4.76. The normalized spacial score (nSPS) is 16.2. The smallest absolute Gasteiger partial charge is 0.393 e. The molecular formula is C24H28N4O7S. The fourth-order valence-corrected chi connectivity index (χ4v) is 6.27. The molecule has 0 saturated carbocycles. The molecule has 0 spiro atoms. The van der Waals surface area contributed by atoms with E-state index in [0.29, 0.717) is 49.0 Å². The average molecular weight is 517 g/mol. The van der Waals surface area contributed by atoms with Gasteiger partial charge in [-0.2, -0.15) is 0 Å². The summed E-state index contributed by atoms with van der Waals surface area (Å²) in [4.78, 5) is 28.6. The molecule has 12 heteroatoms. The monoisotopic (exact) mass is 516 g/mol. The van der Waals surface area contributed by atoms with Crippen LogP contribution in [0.3, 0.4) is 0 Å². The molecule has 11 nitrogen and oxygen atoms in total. The van der Waals surface area contributed by atoms with E-state index in [4.69, 9.17) is 14.0 Å². The number of rotatable bonds is 10. The molecular weight excluding hydrogens is 488 g/mol. The van der Waals surface area contributed by atoms with Gasteiger partial charge in [0.2, 0.25) is 0 Å². The molecule has 36 heavy (non-hydrogen) atoms. The Morgan fingerprint density at radius 3 is 2.53 bits per heavy atom. The molecule has 0 amide bonds. The highest BCUT2D eigenvalue weighted by Gasteiger charge is 2.53. The van der Waals surface area contributed by atoms with Crippen molar-refractivity contribution >= 4 is 37.7 Å². The van der Waals surface area contributed by atoms with E-state index in [1.165, 1.54) is 27.2 Å². The second kappa shape index (κ2) is 10.8. The maximum atomic E-state index is 12.3. The van der Waals surface area contributed by atoms with Gasteiger partial charge in [0.05, 0.1) is 24.3 Å². The van der Waals surface area contributed by atoms with Crippen LogP contribution in [0, 0.1) is 5.92 Å². The third-order valence-corrected chi connectivity index (χ3v) is 8.67. The van der Waals surface area contributed by atoms with Crippen molar-refractivity contribution in [2.75, 3.05) is 24.1 Å². The third-order valence-electron chi connectivity index (χ3n) is 5.81. The van der Waals surface area contributed by atoms with Gasteiger partial charge in [0.25, 0.3) is 5.88 Å². The Morgan fingerprint density at radius 2 is 1.83 bits per heavy atom. The van der Waals surface area contributed by atoms with E-state index in [2.05, 4.69) is 10.1 Å². The summed E-state index contributed by atoms with van der Waals surface area (Å²) >= 11 is 0. The van der Waals surface area contributed by atoms with Crippen molar-refractivity contribution in [3.8, 4) is 11.6 Å². The Labute approximate surface area is 209 Å². The zero-order valence-corrected chi connectivity index (χ0v) is 20.8. The second-order valence-electron chi connectivity index (χ2n) is 8.16. The second-order valence-corrected chi connectivity index (χ2v) is 10.8. The van der Waals surface area contributed by atoms with Crippen LogP contribution in [-0.2, 0) is 0 Å². The number of nitrogens with zero attached hydrogens (tertiary/aromatic N) is 4. The summed E-state index contributed by atoms with van der Waals surface area (Å²) in [5.41, 5.74) is 1.03. The van der Waals surface area contributed by atoms with Crippen molar-refractivity contribution in [2.24, 2.45) is 5.92 Å². The van der Waals surface area contributed by atoms with E-state index >= 15 is 0 Å².